The first-order valence-electron chi connectivity index (χ1n) is 7.11. The molecule has 2 fully saturated rings. The minimum atomic E-state index is -2.81. The number of piperidine rings is 1. The molecule has 20 heavy (non-hydrogen) atoms. The van der Waals surface area contributed by atoms with Gasteiger partial charge in [0, 0.05) is 37.6 Å². The van der Waals surface area contributed by atoms with Gasteiger partial charge in [0.15, 0.2) is 9.84 Å². The van der Waals surface area contributed by atoms with E-state index in [1.807, 2.05) is 6.07 Å². The lowest BCUT2D eigenvalue weighted by Crippen LogP contribution is -2.50. The van der Waals surface area contributed by atoms with Crippen molar-refractivity contribution in [2.24, 2.45) is 0 Å². The van der Waals surface area contributed by atoms with Crippen molar-refractivity contribution in [1.82, 2.24) is 15.3 Å². The summed E-state index contributed by atoms with van der Waals surface area (Å²) >= 11 is 0. The second-order valence-corrected chi connectivity index (χ2v) is 7.83. The van der Waals surface area contributed by atoms with Gasteiger partial charge >= 0.3 is 0 Å². The van der Waals surface area contributed by atoms with Crippen molar-refractivity contribution in [2.75, 3.05) is 29.5 Å². The number of anilines is 1. The van der Waals surface area contributed by atoms with E-state index in [1.54, 1.807) is 12.4 Å². The first-order valence-corrected chi connectivity index (χ1v) is 8.93. The van der Waals surface area contributed by atoms with E-state index in [0.717, 1.165) is 38.3 Å². The van der Waals surface area contributed by atoms with Crippen molar-refractivity contribution in [3.8, 4) is 0 Å². The minimum absolute atomic E-state index is 0.113. The van der Waals surface area contributed by atoms with Gasteiger partial charge in [-0.1, -0.05) is 0 Å². The molecule has 0 aromatic carbocycles. The predicted octanol–water partition coefficient (Wildman–Crippen LogP) is 0.222. The molecule has 3 heterocycles. The first kappa shape index (κ1) is 13.8. The highest BCUT2D eigenvalue weighted by molar-refractivity contribution is 7.91. The van der Waals surface area contributed by atoms with E-state index >= 15 is 0 Å². The fourth-order valence-corrected chi connectivity index (χ4v) is 4.70. The van der Waals surface area contributed by atoms with Gasteiger partial charge in [-0.2, -0.15) is 0 Å². The van der Waals surface area contributed by atoms with E-state index in [2.05, 4.69) is 20.2 Å². The molecule has 0 radical (unpaired) electrons. The predicted molar refractivity (Wildman–Crippen MR) is 77.5 cm³/mol. The van der Waals surface area contributed by atoms with Crippen molar-refractivity contribution < 1.29 is 8.42 Å². The Balaban J connectivity index is 1.59. The maximum Gasteiger partial charge on any atom is 0.225 e. The normalized spacial score (nSPS) is 29.5. The van der Waals surface area contributed by atoms with Crippen molar-refractivity contribution in [1.29, 1.82) is 0 Å². The van der Waals surface area contributed by atoms with E-state index in [1.165, 1.54) is 0 Å². The number of sulfone groups is 1. The highest BCUT2D eigenvalue weighted by Gasteiger charge is 2.31. The van der Waals surface area contributed by atoms with Gasteiger partial charge in [-0.15, -0.1) is 0 Å². The van der Waals surface area contributed by atoms with Crippen LogP contribution in [0.2, 0.25) is 0 Å². The summed E-state index contributed by atoms with van der Waals surface area (Å²) in [7, 11) is -2.81. The Morgan fingerprint density at radius 1 is 1.20 bits per heavy atom. The molecule has 0 amide bonds. The molecule has 2 saturated heterocycles. The molecule has 0 spiro atoms. The van der Waals surface area contributed by atoms with Gasteiger partial charge in [0.25, 0.3) is 0 Å². The summed E-state index contributed by atoms with van der Waals surface area (Å²) in [5.74, 6) is 1.37. The number of aromatic nitrogens is 2. The lowest BCUT2D eigenvalue weighted by atomic mass is 10.0. The molecule has 3 rings (SSSR count). The van der Waals surface area contributed by atoms with Gasteiger partial charge in [0.2, 0.25) is 5.95 Å². The monoisotopic (exact) mass is 296 g/mol. The van der Waals surface area contributed by atoms with Crippen LogP contribution < -0.4 is 10.2 Å². The van der Waals surface area contributed by atoms with Crippen LogP contribution >= 0.6 is 0 Å². The van der Waals surface area contributed by atoms with Gasteiger partial charge in [-0.25, -0.2) is 18.4 Å². The fourth-order valence-electron chi connectivity index (χ4n) is 3.01. The molecule has 2 aliphatic rings. The van der Waals surface area contributed by atoms with Crippen molar-refractivity contribution in [3.05, 3.63) is 18.5 Å². The number of hydrogen-bond acceptors (Lipinski definition) is 6. The third-order valence-electron chi connectivity index (χ3n) is 3.96. The lowest BCUT2D eigenvalue weighted by Gasteiger charge is -2.34. The van der Waals surface area contributed by atoms with Crippen LogP contribution in [0, 0.1) is 0 Å². The molecule has 1 N–H and O–H groups in total. The summed E-state index contributed by atoms with van der Waals surface area (Å²) in [6.07, 6.45) is 6.40. The highest BCUT2D eigenvalue weighted by Crippen LogP contribution is 2.18. The smallest absolute Gasteiger partial charge is 0.225 e. The average Bonchev–Trinajstić information content (AvgIpc) is 2.79. The molecule has 2 atom stereocenters. The van der Waals surface area contributed by atoms with Gasteiger partial charge in [-0.3, -0.25) is 0 Å². The summed E-state index contributed by atoms with van der Waals surface area (Å²) in [6, 6.07) is 2.25. The molecule has 110 valence electrons. The quantitative estimate of drug-likeness (QED) is 0.860. The van der Waals surface area contributed by atoms with E-state index in [0.29, 0.717) is 11.8 Å². The third kappa shape index (κ3) is 3.27. The Hall–Kier alpha value is -1.21. The summed E-state index contributed by atoms with van der Waals surface area (Å²) in [4.78, 5) is 10.7. The van der Waals surface area contributed by atoms with Crippen LogP contribution in [-0.4, -0.2) is 55.1 Å². The molecule has 2 unspecified atom stereocenters. The first-order chi connectivity index (χ1) is 9.62. The molecule has 1 aromatic rings. The molecule has 0 saturated carbocycles. The van der Waals surface area contributed by atoms with Crippen molar-refractivity contribution in [3.63, 3.8) is 0 Å². The zero-order valence-corrected chi connectivity index (χ0v) is 12.2. The SMILES string of the molecule is O=S1(=O)CCC(NC2CCCN(c3ncccn3)C2)C1. The zero-order valence-electron chi connectivity index (χ0n) is 11.4. The third-order valence-corrected chi connectivity index (χ3v) is 5.73. The van der Waals surface area contributed by atoms with Gasteiger partial charge < -0.3 is 10.2 Å². The van der Waals surface area contributed by atoms with Crippen LogP contribution in [0.1, 0.15) is 19.3 Å². The maximum atomic E-state index is 11.5. The number of rotatable bonds is 3. The highest BCUT2D eigenvalue weighted by atomic mass is 32.2. The van der Waals surface area contributed by atoms with E-state index in [9.17, 15) is 8.42 Å². The number of hydrogen-bond donors (Lipinski definition) is 1. The largest absolute Gasteiger partial charge is 0.339 e. The fraction of sp³-hybridized carbons (Fsp3) is 0.692. The zero-order chi connectivity index (χ0) is 14.0. The molecule has 7 heteroatoms. The number of nitrogens with one attached hydrogen (secondary N) is 1. The van der Waals surface area contributed by atoms with E-state index < -0.39 is 9.84 Å². The van der Waals surface area contributed by atoms with Crippen molar-refractivity contribution in [2.45, 2.75) is 31.3 Å². The molecule has 6 nitrogen and oxygen atoms in total. The van der Waals surface area contributed by atoms with E-state index in [-0.39, 0.29) is 11.8 Å². The summed E-state index contributed by atoms with van der Waals surface area (Å²) < 4.78 is 23.0. The Morgan fingerprint density at radius 3 is 2.70 bits per heavy atom. The van der Waals surface area contributed by atoms with Crippen LogP contribution in [0.25, 0.3) is 0 Å². The van der Waals surface area contributed by atoms with Gasteiger partial charge in [0.1, 0.15) is 0 Å². The van der Waals surface area contributed by atoms with Crippen LogP contribution in [0.15, 0.2) is 18.5 Å². The molecule has 0 aliphatic carbocycles. The van der Waals surface area contributed by atoms with Crippen LogP contribution in [0.4, 0.5) is 5.95 Å². The topological polar surface area (TPSA) is 75.2 Å². The van der Waals surface area contributed by atoms with Gasteiger partial charge in [0.05, 0.1) is 11.5 Å². The Bertz CT molecular complexity index is 549. The Morgan fingerprint density at radius 2 is 2.00 bits per heavy atom. The van der Waals surface area contributed by atoms with E-state index in [4.69, 9.17) is 0 Å². The van der Waals surface area contributed by atoms with Crippen LogP contribution in [0.3, 0.4) is 0 Å². The standard InChI is InChI=1S/C13H20N4O2S/c18-20(19)8-4-12(10-20)16-11-3-1-7-17(9-11)13-14-5-2-6-15-13/h2,5-6,11-12,16H,1,3-4,7-10H2. The second kappa shape index (κ2) is 5.65. The number of nitrogens with zero attached hydrogens (tertiary/aromatic N) is 3. The Kier molecular flexibility index (Phi) is 3.89. The average molecular weight is 296 g/mol. The maximum absolute atomic E-state index is 11.5. The summed E-state index contributed by atoms with van der Waals surface area (Å²) in [6.45, 7) is 1.81. The van der Waals surface area contributed by atoms with Crippen molar-refractivity contribution >= 4 is 15.8 Å². The molecule has 2 aliphatic heterocycles. The molecule has 0 bridgehead atoms. The van der Waals surface area contributed by atoms with Gasteiger partial charge in [-0.05, 0) is 25.3 Å². The molecular weight excluding hydrogens is 276 g/mol. The minimum Gasteiger partial charge on any atom is -0.339 e. The summed E-state index contributed by atoms with van der Waals surface area (Å²) in [5, 5.41) is 3.50. The molecule has 1 aromatic heterocycles. The summed E-state index contributed by atoms with van der Waals surface area (Å²) in [5.41, 5.74) is 0. The Labute approximate surface area is 119 Å². The lowest BCUT2D eigenvalue weighted by molar-refractivity contribution is 0.384. The molecular formula is C13H20N4O2S. The van der Waals surface area contributed by atoms with Crippen LogP contribution in [0.5, 0.6) is 0 Å². The van der Waals surface area contributed by atoms with Crippen LogP contribution in [-0.2, 0) is 9.84 Å². The second-order valence-electron chi connectivity index (χ2n) is 5.60.